The summed E-state index contributed by atoms with van der Waals surface area (Å²) in [6.45, 7) is 2.10. The zero-order valence-corrected chi connectivity index (χ0v) is 16.4. The van der Waals surface area contributed by atoms with E-state index in [9.17, 15) is 13.2 Å². The third kappa shape index (κ3) is 3.58. The van der Waals surface area contributed by atoms with Gasteiger partial charge in [0.15, 0.2) is 6.67 Å². The number of sulfonamides is 1. The molecular formula is C19H14N4O3S2. The zero-order valence-electron chi connectivity index (χ0n) is 14.7. The molecule has 9 heteroatoms. The van der Waals surface area contributed by atoms with Crippen LogP contribution in [0, 0.1) is 6.92 Å². The highest BCUT2D eigenvalue weighted by Gasteiger charge is 2.27. The standard InChI is InChI=1S/C19H14N4O3S2/c1-12-6-8-13(9-7-12)28(25,26)23-16-10-17(27-19-20-11-21-22-19)18(24)15-5-3-2-4-14(15)16/h2-10H,11H2,1H3. The van der Waals surface area contributed by atoms with Gasteiger partial charge in [0.05, 0.1) is 15.5 Å². The van der Waals surface area contributed by atoms with Crippen LogP contribution < -0.4 is 0 Å². The number of nitrogens with zero attached hydrogens (tertiary/aromatic N) is 4. The lowest BCUT2D eigenvalue weighted by Gasteiger charge is -2.16. The molecule has 4 rings (SSSR count). The molecule has 140 valence electrons. The fourth-order valence-corrected chi connectivity index (χ4v) is 4.50. The molecule has 0 spiro atoms. The van der Waals surface area contributed by atoms with Gasteiger partial charge in [-0.3, -0.25) is 4.79 Å². The first-order chi connectivity index (χ1) is 13.4. The third-order valence-corrected chi connectivity index (χ3v) is 6.32. The van der Waals surface area contributed by atoms with Crippen molar-refractivity contribution in [2.75, 3.05) is 6.67 Å². The number of carbonyl (C=O) groups excluding carboxylic acids is 1. The number of Topliss-reactive ketones (excluding diaryl/α,β-unsaturated/α-hetero) is 1. The zero-order chi connectivity index (χ0) is 19.7. The highest BCUT2D eigenvalue weighted by Crippen LogP contribution is 2.31. The molecule has 0 saturated carbocycles. The van der Waals surface area contributed by atoms with E-state index in [2.05, 4.69) is 19.6 Å². The van der Waals surface area contributed by atoms with Gasteiger partial charge >= 0.3 is 0 Å². The maximum atomic E-state index is 12.8. The number of benzene rings is 2. The van der Waals surface area contributed by atoms with Gasteiger partial charge in [-0.1, -0.05) is 42.0 Å². The lowest BCUT2D eigenvalue weighted by molar-refractivity contribution is 0.104. The summed E-state index contributed by atoms with van der Waals surface area (Å²) in [4.78, 5) is 17.3. The van der Waals surface area contributed by atoms with Gasteiger partial charge in [0, 0.05) is 11.1 Å². The first kappa shape index (κ1) is 18.5. The predicted octanol–water partition coefficient (Wildman–Crippen LogP) is 3.77. The summed E-state index contributed by atoms with van der Waals surface area (Å²) >= 11 is 1.05. The number of hydrogen-bond acceptors (Lipinski definition) is 7. The minimum absolute atomic E-state index is 0.0940. The number of ketones is 1. The van der Waals surface area contributed by atoms with E-state index in [0.29, 0.717) is 21.2 Å². The minimum atomic E-state index is -3.94. The van der Waals surface area contributed by atoms with Crippen LogP contribution in [0.1, 0.15) is 21.5 Å². The highest BCUT2D eigenvalue weighted by molar-refractivity contribution is 8.18. The summed E-state index contributed by atoms with van der Waals surface area (Å²) in [6.07, 6.45) is 1.47. The topological polar surface area (TPSA) is 101 Å². The van der Waals surface area contributed by atoms with Crippen LogP contribution in [0.25, 0.3) is 0 Å². The van der Waals surface area contributed by atoms with Crippen molar-refractivity contribution in [3.8, 4) is 0 Å². The summed E-state index contributed by atoms with van der Waals surface area (Å²) < 4.78 is 29.6. The van der Waals surface area contributed by atoms with E-state index in [-0.39, 0.29) is 23.1 Å². The molecule has 1 heterocycles. The molecule has 0 fully saturated rings. The molecule has 0 saturated heterocycles. The largest absolute Gasteiger partial charge is 0.288 e. The van der Waals surface area contributed by atoms with E-state index in [1.54, 1.807) is 36.4 Å². The molecule has 28 heavy (non-hydrogen) atoms. The lowest BCUT2D eigenvalue weighted by atomic mass is 9.94. The fourth-order valence-electron chi connectivity index (χ4n) is 2.72. The number of carbonyl (C=O) groups is 1. The number of thioether (sulfide) groups is 1. The van der Waals surface area contributed by atoms with E-state index in [1.165, 1.54) is 18.2 Å². The summed E-state index contributed by atoms with van der Waals surface area (Å²) in [6, 6.07) is 13.3. The average molecular weight is 410 g/mol. The Bertz CT molecular complexity index is 1190. The molecule has 0 N–H and O–H groups in total. The van der Waals surface area contributed by atoms with Crippen LogP contribution in [0.15, 0.2) is 84.0 Å². The van der Waals surface area contributed by atoms with E-state index in [0.717, 1.165) is 17.3 Å². The fraction of sp³-hybridized carbons (Fsp3) is 0.105. The van der Waals surface area contributed by atoms with Gasteiger partial charge in [0.25, 0.3) is 10.0 Å². The molecule has 2 aromatic carbocycles. The van der Waals surface area contributed by atoms with Crippen molar-refractivity contribution in [2.24, 2.45) is 19.6 Å². The number of aryl methyl sites for hydroxylation is 1. The van der Waals surface area contributed by atoms with Crippen LogP contribution in [0.4, 0.5) is 0 Å². The van der Waals surface area contributed by atoms with E-state index in [1.807, 2.05) is 6.92 Å². The van der Waals surface area contributed by atoms with Gasteiger partial charge in [-0.25, -0.2) is 4.99 Å². The molecule has 0 radical (unpaired) electrons. The minimum Gasteiger partial charge on any atom is -0.288 e. The first-order valence-electron chi connectivity index (χ1n) is 8.31. The van der Waals surface area contributed by atoms with Gasteiger partial charge in [0.2, 0.25) is 11.0 Å². The normalized spacial score (nSPS) is 17.5. The van der Waals surface area contributed by atoms with Gasteiger partial charge in [-0.2, -0.15) is 17.9 Å². The lowest BCUT2D eigenvalue weighted by Crippen LogP contribution is -2.18. The molecule has 0 aromatic heterocycles. The van der Waals surface area contributed by atoms with Crippen molar-refractivity contribution in [3.63, 3.8) is 0 Å². The number of allylic oxidation sites excluding steroid dienone is 2. The van der Waals surface area contributed by atoms with Crippen LogP contribution in [0.3, 0.4) is 0 Å². The molecule has 0 amide bonds. The second kappa shape index (κ2) is 7.25. The van der Waals surface area contributed by atoms with Crippen LogP contribution >= 0.6 is 11.8 Å². The Hall–Kier alpha value is -2.91. The maximum Gasteiger partial charge on any atom is 0.282 e. The molecular weight excluding hydrogens is 396 g/mol. The van der Waals surface area contributed by atoms with E-state index >= 15 is 0 Å². The maximum absolute atomic E-state index is 12.8. The summed E-state index contributed by atoms with van der Waals surface area (Å²) in [5.74, 6) is -0.225. The number of fused-ring (bicyclic) bond motifs is 1. The van der Waals surface area contributed by atoms with Gasteiger partial charge in [0.1, 0.15) is 0 Å². The van der Waals surface area contributed by atoms with Gasteiger partial charge in [-0.15, -0.1) is 5.11 Å². The quantitative estimate of drug-likeness (QED) is 0.769. The van der Waals surface area contributed by atoms with Crippen LogP contribution in [-0.4, -0.2) is 31.7 Å². The van der Waals surface area contributed by atoms with Crippen molar-refractivity contribution >= 4 is 38.4 Å². The van der Waals surface area contributed by atoms with Crippen LogP contribution in [0.5, 0.6) is 0 Å². The number of rotatable bonds is 3. The summed E-state index contributed by atoms with van der Waals surface area (Å²) in [7, 11) is -3.94. The second-order valence-electron chi connectivity index (χ2n) is 6.07. The Balaban J connectivity index is 1.81. The number of amidine groups is 1. The molecule has 7 nitrogen and oxygen atoms in total. The Kier molecular flexibility index (Phi) is 4.78. The van der Waals surface area contributed by atoms with Crippen molar-refractivity contribution in [3.05, 3.63) is 76.2 Å². The van der Waals surface area contributed by atoms with Crippen LogP contribution in [0.2, 0.25) is 0 Å². The highest BCUT2D eigenvalue weighted by atomic mass is 32.2. The SMILES string of the molecule is Cc1ccc(S(=O)(=O)N=C2C=C(SC3=NCN=N3)C(=O)c3ccccc32)cc1. The molecule has 0 bridgehead atoms. The monoisotopic (exact) mass is 410 g/mol. The van der Waals surface area contributed by atoms with Crippen molar-refractivity contribution < 1.29 is 13.2 Å². The third-order valence-electron chi connectivity index (χ3n) is 4.10. The average Bonchev–Trinajstić information content (AvgIpc) is 3.19. The Morgan fingerprint density at radius 2 is 1.75 bits per heavy atom. The molecule has 0 atom stereocenters. The first-order valence-corrected chi connectivity index (χ1v) is 10.6. The number of aliphatic imine (C=N–C) groups is 1. The van der Waals surface area contributed by atoms with Crippen molar-refractivity contribution in [2.45, 2.75) is 11.8 Å². The van der Waals surface area contributed by atoms with E-state index in [4.69, 9.17) is 0 Å². The molecule has 1 aliphatic carbocycles. The number of azo groups is 1. The van der Waals surface area contributed by atoms with E-state index < -0.39 is 10.0 Å². The molecule has 1 aliphatic heterocycles. The van der Waals surface area contributed by atoms with Gasteiger partial charge in [-0.05, 0) is 36.9 Å². The Morgan fingerprint density at radius 1 is 1.04 bits per heavy atom. The predicted molar refractivity (Wildman–Crippen MR) is 109 cm³/mol. The summed E-state index contributed by atoms with van der Waals surface area (Å²) in [5.41, 5.74) is 2.02. The molecule has 0 unspecified atom stereocenters. The van der Waals surface area contributed by atoms with Gasteiger partial charge < -0.3 is 0 Å². The molecule has 2 aliphatic rings. The van der Waals surface area contributed by atoms with Crippen LogP contribution in [-0.2, 0) is 10.0 Å². The smallest absolute Gasteiger partial charge is 0.282 e. The Labute approximate surface area is 166 Å². The second-order valence-corrected chi connectivity index (χ2v) is 8.69. The van der Waals surface area contributed by atoms with Crippen molar-refractivity contribution in [1.29, 1.82) is 0 Å². The summed E-state index contributed by atoms with van der Waals surface area (Å²) in [5, 5.41) is 7.98. The van der Waals surface area contributed by atoms with Crippen molar-refractivity contribution in [1.82, 2.24) is 0 Å². The Morgan fingerprint density at radius 3 is 2.43 bits per heavy atom. The number of hydrogen-bond donors (Lipinski definition) is 0. The molecule has 2 aromatic rings.